The van der Waals surface area contributed by atoms with Crippen molar-refractivity contribution in [3.05, 3.63) is 41.5 Å². The summed E-state index contributed by atoms with van der Waals surface area (Å²) in [6.07, 6.45) is 3.48. The van der Waals surface area contributed by atoms with Crippen molar-refractivity contribution in [3.8, 4) is 6.07 Å². The third-order valence-corrected chi connectivity index (χ3v) is 1.96. The van der Waals surface area contributed by atoms with Gasteiger partial charge in [-0.25, -0.2) is 4.79 Å². The van der Waals surface area contributed by atoms with Crippen molar-refractivity contribution in [2.75, 3.05) is 6.61 Å². The highest BCUT2D eigenvalue weighted by molar-refractivity contribution is 5.86. The molecule has 0 aliphatic heterocycles. The van der Waals surface area contributed by atoms with E-state index in [1.165, 1.54) is 6.08 Å². The zero-order valence-electron chi connectivity index (χ0n) is 9.14. The van der Waals surface area contributed by atoms with Crippen LogP contribution in [0.4, 0.5) is 0 Å². The Bertz CT molecular complexity index is 413. The number of esters is 1. The Balaban J connectivity index is 2.62. The van der Waals surface area contributed by atoms with E-state index < -0.39 is 0 Å². The molecule has 0 unspecified atom stereocenters. The van der Waals surface area contributed by atoms with Crippen LogP contribution in [-0.4, -0.2) is 12.6 Å². The summed E-state index contributed by atoms with van der Waals surface area (Å²) in [7, 11) is 0. The topological polar surface area (TPSA) is 50.1 Å². The van der Waals surface area contributed by atoms with Gasteiger partial charge in [0.25, 0.3) is 0 Å². The van der Waals surface area contributed by atoms with E-state index in [-0.39, 0.29) is 5.97 Å². The molecule has 1 aromatic carbocycles. The first-order chi connectivity index (χ1) is 7.76. The van der Waals surface area contributed by atoms with Gasteiger partial charge in [0, 0.05) is 6.08 Å². The van der Waals surface area contributed by atoms with Gasteiger partial charge in [-0.15, -0.1) is 0 Å². The molecular formula is C13H13NO2. The largest absolute Gasteiger partial charge is 0.463 e. The standard InChI is InChI=1S/C13H13NO2/c1-2-16-13(15)8-7-11-3-5-12(6-4-11)9-10-14/h3-8H,2,9H2,1H3. The van der Waals surface area contributed by atoms with Gasteiger partial charge in [-0.05, 0) is 24.1 Å². The van der Waals surface area contributed by atoms with E-state index in [0.717, 1.165) is 11.1 Å². The highest BCUT2D eigenvalue weighted by Crippen LogP contribution is 2.06. The Morgan fingerprint density at radius 2 is 2.12 bits per heavy atom. The lowest BCUT2D eigenvalue weighted by molar-refractivity contribution is -0.137. The summed E-state index contributed by atoms with van der Waals surface area (Å²) < 4.78 is 4.76. The second-order valence-corrected chi connectivity index (χ2v) is 3.16. The number of nitrogens with zero attached hydrogens (tertiary/aromatic N) is 1. The molecule has 0 aliphatic rings. The molecule has 0 saturated carbocycles. The number of carbonyl (C=O) groups excluding carboxylic acids is 1. The van der Waals surface area contributed by atoms with Crippen LogP contribution in [0.2, 0.25) is 0 Å². The minimum atomic E-state index is -0.344. The predicted octanol–water partition coefficient (Wildman–Crippen LogP) is 2.33. The average molecular weight is 215 g/mol. The quantitative estimate of drug-likeness (QED) is 0.572. The van der Waals surface area contributed by atoms with E-state index >= 15 is 0 Å². The van der Waals surface area contributed by atoms with Crippen LogP contribution in [0.3, 0.4) is 0 Å². The van der Waals surface area contributed by atoms with Crippen LogP contribution in [0.1, 0.15) is 18.1 Å². The molecule has 1 aromatic rings. The van der Waals surface area contributed by atoms with E-state index in [2.05, 4.69) is 6.07 Å². The maximum Gasteiger partial charge on any atom is 0.330 e. The lowest BCUT2D eigenvalue weighted by Crippen LogP contribution is -1.98. The molecule has 3 heteroatoms. The van der Waals surface area contributed by atoms with Gasteiger partial charge in [0.05, 0.1) is 19.1 Å². The molecule has 0 bridgehead atoms. The summed E-state index contributed by atoms with van der Waals surface area (Å²) in [4.78, 5) is 11.0. The number of benzene rings is 1. The molecule has 0 aromatic heterocycles. The van der Waals surface area contributed by atoms with Gasteiger partial charge < -0.3 is 4.74 Å². The Kier molecular flexibility index (Phi) is 4.81. The van der Waals surface area contributed by atoms with Gasteiger partial charge in [0.15, 0.2) is 0 Å². The van der Waals surface area contributed by atoms with E-state index in [9.17, 15) is 4.79 Å². The van der Waals surface area contributed by atoms with Crippen molar-refractivity contribution < 1.29 is 9.53 Å². The Morgan fingerprint density at radius 1 is 1.44 bits per heavy atom. The molecule has 0 amide bonds. The maximum atomic E-state index is 11.0. The molecule has 0 fully saturated rings. The Hall–Kier alpha value is -2.08. The number of ether oxygens (including phenoxy) is 1. The number of hydrogen-bond acceptors (Lipinski definition) is 3. The van der Waals surface area contributed by atoms with Crippen molar-refractivity contribution in [3.63, 3.8) is 0 Å². The summed E-state index contributed by atoms with van der Waals surface area (Å²) in [5.74, 6) is -0.344. The van der Waals surface area contributed by atoms with Crippen molar-refractivity contribution >= 4 is 12.0 Å². The van der Waals surface area contributed by atoms with Gasteiger partial charge in [0.2, 0.25) is 0 Å². The van der Waals surface area contributed by atoms with Crippen molar-refractivity contribution in [2.45, 2.75) is 13.3 Å². The van der Waals surface area contributed by atoms with Crippen LogP contribution in [0.15, 0.2) is 30.3 Å². The first-order valence-electron chi connectivity index (χ1n) is 5.07. The maximum absolute atomic E-state index is 11.0. The number of carbonyl (C=O) groups is 1. The first kappa shape index (κ1) is 12.0. The number of nitriles is 1. The SMILES string of the molecule is CCOC(=O)C=Cc1ccc(CC#N)cc1. The zero-order valence-corrected chi connectivity index (χ0v) is 9.14. The summed E-state index contributed by atoms with van der Waals surface area (Å²) in [5, 5.41) is 8.50. The minimum Gasteiger partial charge on any atom is -0.463 e. The third kappa shape index (κ3) is 3.97. The normalized spacial score (nSPS) is 10.0. The van der Waals surface area contributed by atoms with Gasteiger partial charge in [0.1, 0.15) is 0 Å². The highest BCUT2D eigenvalue weighted by atomic mass is 16.5. The number of rotatable bonds is 4. The van der Waals surface area contributed by atoms with Crippen LogP contribution in [0.5, 0.6) is 0 Å². The molecular weight excluding hydrogens is 202 g/mol. The van der Waals surface area contributed by atoms with Gasteiger partial charge in [-0.1, -0.05) is 24.3 Å². The molecule has 0 spiro atoms. The highest BCUT2D eigenvalue weighted by Gasteiger charge is 1.94. The fraction of sp³-hybridized carbons (Fsp3) is 0.231. The zero-order chi connectivity index (χ0) is 11.8. The molecule has 0 saturated heterocycles. The van der Waals surface area contributed by atoms with E-state index in [4.69, 9.17) is 10.00 Å². The van der Waals surface area contributed by atoms with E-state index in [0.29, 0.717) is 13.0 Å². The van der Waals surface area contributed by atoms with Crippen LogP contribution in [0, 0.1) is 11.3 Å². The van der Waals surface area contributed by atoms with Crippen LogP contribution in [0.25, 0.3) is 6.08 Å². The smallest absolute Gasteiger partial charge is 0.330 e. The van der Waals surface area contributed by atoms with Gasteiger partial charge in [-0.2, -0.15) is 5.26 Å². The molecule has 1 rings (SSSR count). The second-order valence-electron chi connectivity index (χ2n) is 3.16. The molecule has 0 heterocycles. The summed E-state index contributed by atoms with van der Waals surface area (Å²) in [6.45, 7) is 2.15. The Labute approximate surface area is 95.0 Å². The van der Waals surface area contributed by atoms with Crippen LogP contribution in [-0.2, 0) is 16.0 Å². The fourth-order valence-corrected chi connectivity index (χ4v) is 1.19. The molecule has 3 nitrogen and oxygen atoms in total. The first-order valence-corrected chi connectivity index (χ1v) is 5.07. The lowest BCUT2D eigenvalue weighted by Gasteiger charge is -1.97. The van der Waals surface area contributed by atoms with Crippen LogP contribution < -0.4 is 0 Å². The summed E-state index contributed by atoms with van der Waals surface area (Å²) >= 11 is 0. The predicted molar refractivity (Wildman–Crippen MR) is 61.4 cm³/mol. The molecule has 0 radical (unpaired) electrons. The van der Waals surface area contributed by atoms with E-state index in [1.54, 1.807) is 13.0 Å². The van der Waals surface area contributed by atoms with Crippen molar-refractivity contribution in [1.29, 1.82) is 5.26 Å². The van der Waals surface area contributed by atoms with E-state index in [1.807, 2.05) is 24.3 Å². The molecule has 0 aliphatic carbocycles. The van der Waals surface area contributed by atoms with Gasteiger partial charge in [-0.3, -0.25) is 0 Å². The monoisotopic (exact) mass is 215 g/mol. The van der Waals surface area contributed by atoms with Crippen molar-refractivity contribution in [1.82, 2.24) is 0 Å². The number of hydrogen-bond donors (Lipinski definition) is 0. The van der Waals surface area contributed by atoms with Crippen molar-refractivity contribution in [2.24, 2.45) is 0 Å². The minimum absolute atomic E-state index is 0.344. The third-order valence-electron chi connectivity index (χ3n) is 1.96. The molecule has 16 heavy (non-hydrogen) atoms. The molecule has 0 N–H and O–H groups in total. The lowest BCUT2D eigenvalue weighted by atomic mass is 10.1. The second kappa shape index (κ2) is 6.41. The molecule has 82 valence electrons. The average Bonchev–Trinajstić information content (AvgIpc) is 2.29. The van der Waals surface area contributed by atoms with Gasteiger partial charge >= 0.3 is 5.97 Å². The van der Waals surface area contributed by atoms with Crippen LogP contribution >= 0.6 is 0 Å². The summed E-state index contributed by atoms with van der Waals surface area (Å²) in [6, 6.07) is 9.54. The fourth-order valence-electron chi connectivity index (χ4n) is 1.19. The Morgan fingerprint density at radius 3 is 2.69 bits per heavy atom. The summed E-state index contributed by atoms with van der Waals surface area (Å²) in [5.41, 5.74) is 1.88. The molecule has 0 atom stereocenters.